The lowest BCUT2D eigenvalue weighted by atomic mass is 9.83. The third kappa shape index (κ3) is 2.97. The lowest BCUT2D eigenvalue weighted by Crippen LogP contribution is -2.19. The van der Waals surface area contributed by atoms with E-state index < -0.39 is 0 Å². The molecule has 1 aromatic carbocycles. The summed E-state index contributed by atoms with van der Waals surface area (Å²) in [6.45, 7) is 1.35. The van der Waals surface area contributed by atoms with Gasteiger partial charge in [-0.25, -0.2) is 0 Å². The molecule has 0 radical (unpaired) electrons. The second-order valence-corrected chi connectivity index (χ2v) is 4.79. The molecule has 1 aliphatic carbocycles. The fourth-order valence-corrected chi connectivity index (χ4v) is 2.50. The lowest BCUT2D eigenvalue weighted by molar-refractivity contribution is -0.131. The number of benzene rings is 1. The van der Waals surface area contributed by atoms with Crippen molar-refractivity contribution in [2.75, 3.05) is 0 Å². The van der Waals surface area contributed by atoms with E-state index in [0.29, 0.717) is 11.3 Å². The zero-order valence-electron chi connectivity index (χ0n) is 10.6. The fraction of sp³-hybridized carbons (Fsp3) is 0.467. The molecule has 0 unspecified atom stereocenters. The van der Waals surface area contributed by atoms with Crippen LogP contribution in [0.25, 0.3) is 0 Å². The molecule has 96 valence electrons. The van der Waals surface area contributed by atoms with E-state index in [1.807, 2.05) is 6.07 Å². The molecule has 0 aliphatic heterocycles. The van der Waals surface area contributed by atoms with Gasteiger partial charge in [0.15, 0.2) is 5.78 Å². The summed E-state index contributed by atoms with van der Waals surface area (Å²) < 4.78 is 5.10. The SMILES string of the molecule is CC(=O)Oc1ccccc1C(=O)C1CCCCC1. The molecule has 1 fully saturated rings. The minimum atomic E-state index is -0.390. The van der Waals surface area contributed by atoms with Crippen molar-refractivity contribution in [3.63, 3.8) is 0 Å². The van der Waals surface area contributed by atoms with E-state index >= 15 is 0 Å². The quantitative estimate of drug-likeness (QED) is 0.466. The third-order valence-corrected chi connectivity index (χ3v) is 3.38. The van der Waals surface area contributed by atoms with Crippen LogP contribution in [0.3, 0.4) is 0 Å². The van der Waals surface area contributed by atoms with Gasteiger partial charge in [-0.15, -0.1) is 0 Å². The molecule has 0 N–H and O–H groups in total. The van der Waals surface area contributed by atoms with Crippen LogP contribution in [-0.2, 0) is 4.79 Å². The number of carbonyl (C=O) groups excluding carboxylic acids is 2. The van der Waals surface area contributed by atoms with E-state index in [4.69, 9.17) is 4.74 Å². The summed E-state index contributed by atoms with van der Waals surface area (Å²) in [4.78, 5) is 23.4. The fourth-order valence-electron chi connectivity index (χ4n) is 2.50. The van der Waals surface area contributed by atoms with Gasteiger partial charge in [-0.2, -0.15) is 0 Å². The monoisotopic (exact) mass is 246 g/mol. The Morgan fingerprint density at radius 3 is 2.44 bits per heavy atom. The van der Waals surface area contributed by atoms with Crippen LogP contribution in [-0.4, -0.2) is 11.8 Å². The van der Waals surface area contributed by atoms with Crippen molar-refractivity contribution in [3.8, 4) is 5.75 Å². The molecule has 3 nitrogen and oxygen atoms in total. The largest absolute Gasteiger partial charge is 0.426 e. The second-order valence-electron chi connectivity index (χ2n) is 4.79. The molecule has 0 aromatic heterocycles. The van der Waals surface area contributed by atoms with E-state index in [1.165, 1.54) is 13.3 Å². The maximum Gasteiger partial charge on any atom is 0.308 e. The van der Waals surface area contributed by atoms with Gasteiger partial charge in [-0.3, -0.25) is 9.59 Å². The van der Waals surface area contributed by atoms with Gasteiger partial charge in [0.05, 0.1) is 5.56 Å². The van der Waals surface area contributed by atoms with Gasteiger partial charge in [0.2, 0.25) is 0 Å². The number of ether oxygens (including phenoxy) is 1. The van der Waals surface area contributed by atoms with Gasteiger partial charge >= 0.3 is 5.97 Å². The predicted molar refractivity (Wildman–Crippen MR) is 68.7 cm³/mol. The Morgan fingerprint density at radius 2 is 1.78 bits per heavy atom. The van der Waals surface area contributed by atoms with Gasteiger partial charge in [0, 0.05) is 12.8 Å². The minimum absolute atomic E-state index is 0.0930. The van der Waals surface area contributed by atoms with Gasteiger partial charge in [0.1, 0.15) is 5.75 Å². The Labute approximate surface area is 107 Å². The first-order valence-electron chi connectivity index (χ1n) is 6.50. The molecular formula is C15H18O3. The van der Waals surface area contributed by atoms with Crippen molar-refractivity contribution in [2.24, 2.45) is 5.92 Å². The van der Waals surface area contributed by atoms with E-state index in [0.717, 1.165) is 25.7 Å². The Morgan fingerprint density at radius 1 is 1.11 bits per heavy atom. The second kappa shape index (κ2) is 5.80. The van der Waals surface area contributed by atoms with Crippen LogP contribution < -0.4 is 4.74 Å². The van der Waals surface area contributed by atoms with Crippen LogP contribution in [0.1, 0.15) is 49.4 Å². The molecule has 2 rings (SSSR count). The molecular weight excluding hydrogens is 228 g/mol. The molecule has 0 heterocycles. The molecule has 18 heavy (non-hydrogen) atoms. The molecule has 0 bridgehead atoms. The summed E-state index contributed by atoms with van der Waals surface area (Å²) >= 11 is 0. The van der Waals surface area contributed by atoms with Gasteiger partial charge in [-0.1, -0.05) is 31.4 Å². The predicted octanol–water partition coefficient (Wildman–Crippen LogP) is 3.37. The van der Waals surface area contributed by atoms with Crippen LogP contribution >= 0.6 is 0 Å². The molecule has 1 aliphatic rings. The molecule has 1 aromatic rings. The molecule has 1 saturated carbocycles. The van der Waals surface area contributed by atoms with E-state index in [1.54, 1.807) is 18.2 Å². The van der Waals surface area contributed by atoms with Crippen LogP contribution in [0.2, 0.25) is 0 Å². The highest BCUT2D eigenvalue weighted by Gasteiger charge is 2.24. The zero-order chi connectivity index (χ0) is 13.0. The summed E-state index contributed by atoms with van der Waals surface area (Å²) in [7, 11) is 0. The summed E-state index contributed by atoms with van der Waals surface area (Å²) in [5.74, 6) is 0.210. The van der Waals surface area contributed by atoms with E-state index in [2.05, 4.69) is 0 Å². The number of esters is 1. The van der Waals surface area contributed by atoms with Gasteiger partial charge in [-0.05, 0) is 25.0 Å². The van der Waals surface area contributed by atoms with E-state index in [-0.39, 0.29) is 17.7 Å². The van der Waals surface area contributed by atoms with Crippen LogP contribution in [0.4, 0.5) is 0 Å². The number of para-hydroxylation sites is 1. The Kier molecular flexibility index (Phi) is 4.13. The molecule has 0 atom stereocenters. The van der Waals surface area contributed by atoms with E-state index in [9.17, 15) is 9.59 Å². The highest BCUT2D eigenvalue weighted by molar-refractivity contribution is 6.00. The molecule has 0 amide bonds. The number of Topliss-reactive ketones (excluding diaryl/α,β-unsaturated/α-hetero) is 1. The average Bonchev–Trinajstić information content (AvgIpc) is 2.39. The average molecular weight is 246 g/mol. The first kappa shape index (κ1) is 12.8. The highest BCUT2D eigenvalue weighted by Crippen LogP contribution is 2.30. The Balaban J connectivity index is 2.20. The summed E-state index contributed by atoms with van der Waals surface area (Å²) in [5.41, 5.74) is 0.541. The summed E-state index contributed by atoms with van der Waals surface area (Å²) in [6.07, 6.45) is 5.36. The maximum absolute atomic E-state index is 12.4. The molecule has 0 saturated heterocycles. The number of rotatable bonds is 3. The van der Waals surface area contributed by atoms with Crippen molar-refractivity contribution >= 4 is 11.8 Å². The number of carbonyl (C=O) groups is 2. The van der Waals surface area contributed by atoms with Crippen LogP contribution in [0.5, 0.6) is 5.75 Å². The number of hydrogen-bond acceptors (Lipinski definition) is 3. The normalized spacial score (nSPS) is 16.3. The number of hydrogen-bond donors (Lipinski definition) is 0. The van der Waals surface area contributed by atoms with Crippen molar-refractivity contribution in [1.29, 1.82) is 0 Å². The lowest BCUT2D eigenvalue weighted by Gasteiger charge is -2.21. The van der Waals surface area contributed by atoms with Crippen LogP contribution in [0, 0.1) is 5.92 Å². The van der Waals surface area contributed by atoms with Crippen molar-refractivity contribution in [1.82, 2.24) is 0 Å². The summed E-state index contributed by atoms with van der Waals surface area (Å²) in [5, 5.41) is 0. The standard InChI is InChI=1S/C15H18O3/c1-11(16)18-14-10-6-5-9-13(14)15(17)12-7-3-2-4-8-12/h5-6,9-10,12H,2-4,7-8H2,1H3. The zero-order valence-corrected chi connectivity index (χ0v) is 10.6. The van der Waals surface area contributed by atoms with Crippen molar-refractivity contribution < 1.29 is 14.3 Å². The van der Waals surface area contributed by atoms with Gasteiger partial charge < -0.3 is 4.74 Å². The topological polar surface area (TPSA) is 43.4 Å². The Hall–Kier alpha value is -1.64. The smallest absolute Gasteiger partial charge is 0.308 e. The minimum Gasteiger partial charge on any atom is -0.426 e. The van der Waals surface area contributed by atoms with Gasteiger partial charge in [0.25, 0.3) is 0 Å². The van der Waals surface area contributed by atoms with Crippen molar-refractivity contribution in [3.05, 3.63) is 29.8 Å². The first-order chi connectivity index (χ1) is 8.68. The molecule has 3 heteroatoms. The Bertz CT molecular complexity index is 445. The first-order valence-corrected chi connectivity index (χ1v) is 6.50. The molecule has 0 spiro atoms. The third-order valence-electron chi connectivity index (χ3n) is 3.38. The van der Waals surface area contributed by atoms with Crippen LogP contribution in [0.15, 0.2) is 24.3 Å². The maximum atomic E-state index is 12.4. The highest BCUT2D eigenvalue weighted by atomic mass is 16.5. The van der Waals surface area contributed by atoms with Crippen molar-refractivity contribution in [2.45, 2.75) is 39.0 Å². The number of ketones is 1. The summed E-state index contributed by atoms with van der Waals surface area (Å²) in [6, 6.07) is 7.01.